The molecule has 0 bridgehead atoms. The van der Waals surface area contributed by atoms with E-state index in [2.05, 4.69) is 0 Å². The minimum Gasteiger partial charge on any atom is -0.465 e. The molecule has 0 spiro atoms. The summed E-state index contributed by atoms with van der Waals surface area (Å²) in [6.07, 6.45) is -7.36. The fraction of sp³-hybridized carbons (Fsp3) is 0.533. The molecule has 1 aromatic carbocycles. The van der Waals surface area contributed by atoms with Crippen LogP contribution in [-0.2, 0) is 4.74 Å². The Morgan fingerprint density at radius 1 is 1.17 bits per heavy atom. The van der Waals surface area contributed by atoms with Crippen molar-refractivity contribution in [3.05, 3.63) is 35.6 Å². The van der Waals surface area contributed by atoms with E-state index in [1.165, 1.54) is 17.0 Å². The highest BCUT2D eigenvalue weighted by Crippen LogP contribution is 2.35. The third-order valence-corrected chi connectivity index (χ3v) is 3.91. The van der Waals surface area contributed by atoms with Crippen LogP contribution in [0, 0.1) is 11.7 Å². The molecule has 1 N–H and O–H groups in total. The standard InChI is InChI=1S/C15H17F4NO3/c16-11-3-1-9(2-4-11)12(23-14(19)13(17)18)10-5-7-20(8-6-10)15(21)22/h1-4,10,12-14H,5-8H2,(H,21,22). The molecule has 1 aromatic rings. The summed E-state index contributed by atoms with van der Waals surface area (Å²) in [7, 11) is 0. The van der Waals surface area contributed by atoms with Gasteiger partial charge in [-0.2, -0.15) is 0 Å². The minimum absolute atomic E-state index is 0.215. The first kappa shape index (κ1) is 17.5. The van der Waals surface area contributed by atoms with Crippen molar-refractivity contribution in [1.82, 2.24) is 4.90 Å². The number of likely N-dealkylation sites (tertiary alicyclic amines) is 1. The molecule has 1 aliphatic heterocycles. The van der Waals surface area contributed by atoms with Crippen molar-refractivity contribution in [3.8, 4) is 0 Å². The van der Waals surface area contributed by atoms with Gasteiger partial charge in [-0.25, -0.2) is 22.4 Å². The number of ether oxygens (including phenoxy) is 1. The number of rotatable bonds is 5. The molecule has 1 amide bonds. The minimum atomic E-state index is -3.28. The number of piperidine rings is 1. The quantitative estimate of drug-likeness (QED) is 0.832. The van der Waals surface area contributed by atoms with E-state index in [-0.39, 0.29) is 19.0 Å². The van der Waals surface area contributed by atoms with Crippen molar-refractivity contribution in [3.63, 3.8) is 0 Å². The van der Waals surface area contributed by atoms with Crippen molar-refractivity contribution < 1.29 is 32.2 Å². The van der Waals surface area contributed by atoms with E-state index >= 15 is 0 Å². The van der Waals surface area contributed by atoms with Gasteiger partial charge in [-0.15, -0.1) is 0 Å². The van der Waals surface area contributed by atoms with Gasteiger partial charge < -0.3 is 14.7 Å². The largest absolute Gasteiger partial charge is 0.465 e. The number of hydrogen-bond acceptors (Lipinski definition) is 2. The first-order valence-electron chi connectivity index (χ1n) is 7.19. The van der Waals surface area contributed by atoms with E-state index in [0.29, 0.717) is 18.4 Å². The molecule has 1 heterocycles. The number of carbonyl (C=O) groups is 1. The summed E-state index contributed by atoms with van der Waals surface area (Å²) < 4.78 is 56.1. The highest BCUT2D eigenvalue weighted by atomic mass is 19.3. The molecule has 8 heteroatoms. The van der Waals surface area contributed by atoms with Gasteiger partial charge in [-0.1, -0.05) is 12.1 Å². The van der Waals surface area contributed by atoms with E-state index < -0.39 is 30.8 Å². The Morgan fingerprint density at radius 2 is 1.74 bits per heavy atom. The Kier molecular flexibility index (Phi) is 5.81. The van der Waals surface area contributed by atoms with Crippen molar-refractivity contribution in [2.24, 2.45) is 5.92 Å². The lowest BCUT2D eigenvalue weighted by Gasteiger charge is -2.35. The molecule has 128 valence electrons. The Hall–Kier alpha value is -1.83. The van der Waals surface area contributed by atoms with E-state index in [0.717, 1.165) is 12.1 Å². The number of alkyl halides is 3. The number of halogens is 4. The second-order valence-corrected chi connectivity index (χ2v) is 5.40. The second-order valence-electron chi connectivity index (χ2n) is 5.40. The summed E-state index contributed by atoms with van der Waals surface area (Å²) in [5, 5.41) is 8.92. The van der Waals surface area contributed by atoms with Crippen LogP contribution < -0.4 is 0 Å². The van der Waals surface area contributed by atoms with Gasteiger partial charge in [-0.05, 0) is 36.5 Å². The van der Waals surface area contributed by atoms with Crippen LogP contribution >= 0.6 is 0 Å². The number of nitrogens with zero attached hydrogens (tertiary/aromatic N) is 1. The zero-order chi connectivity index (χ0) is 17.0. The number of carboxylic acid groups (broad SMARTS) is 1. The number of hydrogen-bond donors (Lipinski definition) is 1. The van der Waals surface area contributed by atoms with Gasteiger partial charge in [0.1, 0.15) is 5.82 Å². The highest BCUT2D eigenvalue weighted by Gasteiger charge is 2.34. The first-order valence-corrected chi connectivity index (χ1v) is 7.19. The Labute approximate surface area is 130 Å². The molecule has 0 radical (unpaired) electrons. The molecule has 2 unspecified atom stereocenters. The second kappa shape index (κ2) is 7.63. The third-order valence-electron chi connectivity index (χ3n) is 3.91. The molecule has 1 fully saturated rings. The maximum absolute atomic E-state index is 13.3. The van der Waals surface area contributed by atoms with Crippen LogP contribution in [0.3, 0.4) is 0 Å². The normalized spacial score (nSPS) is 18.9. The monoisotopic (exact) mass is 335 g/mol. The smallest absolute Gasteiger partial charge is 0.407 e. The van der Waals surface area contributed by atoms with E-state index in [1.807, 2.05) is 0 Å². The molecule has 0 saturated carbocycles. The summed E-state index contributed by atoms with van der Waals surface area (Å²) in [5.74, 6) is -0.827. The maximum Gasteiger partial charge on any atom is 0.407 e. The van der Waals surface area contributed by atoms with Crippen molar-refractivity contribution in [2.75, 3.05) is 13.1 Å². The lowest BCUT2D eigenvalue weighted by molar-refractivity contribution is -0.175. The fourth-order valence-electron chi connectivity index (χ4n) is 2.71. The van der Waals surface area contributed by atoms with E-state index in [1.54, 1.807) is 0 Å². The lowest BCUT2D eigenvalue weighted by atomic mass is 9.87. The highest BCUT2D eigenvalue weighted by molar-refractivity contribution is 5.65. The molecule has 0 aliphatic carbocycles. The molecule has 1 aliphatic rings. The Balaban J connectivity index is 2.13. The molecule has 2 atom stereocenters. The van der Waals surface area contributed by atoms with E-state index in [4.69, 9.17) is 9.84 Å². The topological polar surface area (TPSA) is 49.8 Å². The van der Waals surface area contributed by atoms with Crippen LogP contribution in [0.1, 0.15) is 24.5 Å². The molecule has 1 saturated heterocycles. The summed E-state index contributed by atoms with van der Waals surface area (Å²) in [6.45, 7) is 0.430. The summed E-state index contributed by atoms with van der Waals surface area (Å²) >= 11 is 0. The van der Waals surface area contributed by atoms with Crippen LogP contribution in [0.5, 0.6) is 0 Å². The molecular formula is C15H17F4NO3. The first-order chi connectivity index (χ1) is 10.9. The van der Waals surface area contributed by atoms with Crippen molar-refractivity contribution in [1.29, 1.82) is 0 Å². The van der Waals surface area contributed by atoms with Crippen LogP contribution in [-0.4, -0.2) is 42.0 Å². The fourth-order valence-corrected chi connectivity index (χ4v) is 2.71. The van der Waals surface area contributed by atoms with Gasteiger partial charge in [0.25, 0.3) is 12.8 Å². The lowest BCUT2D eigenvalue weighted by Crippen LogP contribution is -2.39. The van der Waals surface area contributed by atoms with Crippen LogP contribution in [0.2, 0.25) is 0 Å². The summed E-state index contributed by atoms with van der Waals surface area (Å²) in [5.41, 5.74) is 0.392. The average molecular weight is 335 g/mol. The molecule has 4 nitrogen and oxygen atoms in total. The van der Waals surface area contributed by atoms with Gasteiger partial charge in [0.2, 0.25) is 0 Å². The number of benzene rings is 1. The van der Waals surface area contributed by atoms with Crippen LogP contribution in [0.25, 0.3) is 0 Å². The zero-order valence-corrected chi connectivity index (χ0v) is 12.2. The van der Waals surface area contributed by atoms with Gasteiger partial charge in [0.05, 0.1) is 6.10 Å². The molecular weight excluding hydrogens is 318 g/mol. The zero-order valence-electron chi connectivity index (χ0n) is 12.2. The average Bonchev–Trinajstić information content (AvgIpc) is 2.53. The number of amides is 1. The van der Waals surface area contributed by atoms with Crippen molar-refractivity contribution in [2.45, 2.75) is 31.7 Å². The molecule has 0 aromatic heterocycles. The predicted molar refractivity (Wildman–Crippen MR) is 73.4 cm³/mol. The molecule has 2 rings (SSSR count). The summed E-state index contributed by atoms with van der Waals surface area (Å²) in [4.78, 5) is 12.1. The SMILES string of the molecule is O=C(O)N1CCC(C(OC(F)C(F)F)c2ccc(F)cc2)CC1. The van der Waals surface area contributed by atoms with Gasteiger partial charge in [0.15, 0.2) is 0 Å². The Morgan fingerprint density at radius 3 is 2.22 bits per heavy atom. The van der Waals surface area contributed by atoms with Crippen LogP contribution in [0.4, 0.5) is 22.4 Å². The third kappa shape index (κ3) is 4.57. The van der Waals surface area contributed by atoms with Gasteiger partial charge in [-0.3, -0.25) is 0 Å². The summed E-state index contributed by atoms with van der Waals surface area (Å²) in [6, 6.07) is 5.02. The van der Waals surface area contributed by atoms with Gasteiger partial charge >= 0.3 is 6.09 Å². The van der Waals surface area contributed by atoms with Crippen molar-refractivity contribution >= 4 is 6.09 Å². The maximum atomic E-state index is 13.3. The van der Waals surface area contributed by atoms with Gasteiger partial charge in [0, 0.05) is 13.1 Å². The van der Waals surface area contributed by atoms with E-state index in [9.17, 15) is 22.4 Å². The Bertz CT molecular complexity index is 518. The van der Waals surface area contributed by atoms with Crippen LogP contribution in [0.15, 0.2) is 24.3 Å². The predicted octanol–water partition coefficient (Wildman–Crippen LogP) is 3.83. The molecule has 23 heavy (non-hydrogen) atoms.